The van der Waals surface area contributed by atoms with Gasteiger partial charge in [-0.05, 0) is 35.7 Å². The SMILES string of the molecule is NC(=S)SC[C@@H]1CC(=O)N(Cc2ccc(Oc3ccc(F)cc3)nc2)C1. The van der Waals surface area contributed by atoms with Crippen molar-refractivity contribution in [2.75, 3.05) is 12.3 Å². The highest BCUT2D eigenvalue weighted by Gasteiger charge is 2.29. The molecule has 1 fully saturated rings. The number of hydrogen-bond acceptors (Lipinski definition) is 5. The van der Waals surface area contributed by atoms with Crippen LogP contribution in [0.25, 0.3) is 0 Å². The van der Waals surface area contributed by atoms with Crippen molar-refractivity contribution >= 4 is 34.2 Å². The molecule has 0 aliphatic carbocycles. The Morgan fingerprint density at radius 3 is 2.77 bits per heavy atom. The second-order valence-electron chi connectivity index (χ2n) is 6.04. The van der Waals surface area contributed by atoms with Gasteiger partial charge in [-0.2, -0.15) is 0 Å². The van der Waals surface area contributed by atoms with E-state index < -0.39 is 0 Å². The molecule has 0 bridgehead atoms. The highest BCUT2D eigenvalue weighted by Crippen LogP contribution is 2.24. The highest BCUT2D eigenvalue weighted by atomic mass is 32.2. The maximum absolute atomic E-state index is 12.9. The molecule has 1 amide bonds. The number of halogens is 1. The number of thiocarbonyl (C=S) groups is 1. The molecule has 5 nitrogen and oxygen atoms in total. The van der Waals surface area contributed by atoms with Gasteiger partial charge in [-0.1, -0.05) is 30.0 Å². The smallest absolute Gasteiger partial charge is 0.223 e. The van der Waals surface area contributed by atoms with Crippen LogP contribution in [0.4, 0.5) is 4.39 Å². The first-order valence-electron chi connectivity index (χ1n) is 8.08. The van der Waals surface area contributed by atoms with E-state index in [1.165, 1.54) is 23.9 Å². The van der Waals surface area contributed by atoms with Crippen LogP contribution in [0.5, 0.6) is 11.6 Å². The van der Waals surface area contributed by atoms with Crippen molar-refractivity contribution in [3.8, 4) is 11.6 Å². The van der Waals surface area contributed by atoms with Crippen molar-refractivity contribution < 1.29 is 13.9 Å². The fourth-order valence-electron chi connectivity index (χ4n) is 2.73. The summed E-state index contributed by atoms with van der Waals surface area (Å²) in [5.74, 6) is 1.77. The molecule has 1 aliphatic heterocycles. The van der Waals surface area contributed by atoms with Crippen molar-refractivity contribution in [3.05, 3.63) is 54.0 Å². The Labute approximate surface area is 160 Å². The lowest BCUT2D eigenvalue weighted by atomic mass is 10.1. The Hall–Kier alpha value is -2.19. The first kappa shape index (κ1) is 18.6. The van der Waals surface area contributed by atoms with Crippen LogP contribution in [0.2, 0.25) is 0 Å². The molecule has 0 spiro atoms. The molecule has 1 aliphatic rings. The largest absolute Gasteiger partial charge is 0.439 e. The molecule has 8 heteroatoms. The Morgan fingerprint density at radius 1 is 1.35 bits per heavy atom. The number of nitrogens with two attached hydrogens (primary N) is 1. The van der Waals surface area contributed by atoms with Gasteiger partial charge in [0.25, 0.3) is 0 Å². The average molecular weight is 391 g/mol. The van der Waals surface area contributed by atoms with E-state index >= 15 is 0 Å². The molecule has 2 N–H and O–H groups in total. The van der Waals surface area contributed by atoms with Gasteiger partial charge in [0.1, 0.15) is 15.9 Å². The number of ether oxygens (including phenoxy) is 1. The molecule has 0 radical (unpaired) electrons. The van der Waals surface area contributed by atoms with Gasteiger partial charge >= 0.3 is 0 Å². The molecule has 3 rings (SSSR count). The minimum Gasteiger partial charge on any atom is -0.439 e. The molecule has 1 saturated heterocycles. The summed E-state index contributed by atoms with van der Waals surface area (Å²) in [7, 11) is 0. The molecule has 26 heavy (non-hydrogen) atoms. The fourth-order valence-corrected chi connectivity index (χ4v) is 3.55. The molecule has 0 saturated carbocycles. The van der Waals surface area contributed by atoms with Crippen molar-refractivity contribution in [1.82, 2.24) is 9.88 Å². The lowest BCUT2D eigenvalue weighted by Crippen LogP contribution is -2.25. The minimum atomic E-state index is -0.319. The Kier molecular flexibility index (Phi) is 6.05. The predicted molar refractivity (Wildman–Crippen MR) is 103 cm³/mol. The van der Waals surface area contributed by atoms with E-state index in [4.69, 9.17) is 22.7 Å². The normalized spacial score (nSPS) is 16.7. The zero-order chi connectivity index (χ0) is 18.5. The maximum atomic E-state index is 12.9. The third-order valence-corrected chi connectivity index (χ3v) is 5.24. The number of carbonyl (C=O) groups is 1. The van der Waals surface area contributed by atoms with Crippen LogP contribution in [-0.4, -0.2) is 32.4 Å². The third kappa shape index (κ3) is 5.15. The Bertz CT molecular complexity index is 784. The molecule has 2 heterocycles. The summed E-state index contributed by atoms with van der Waals surface area (Å²) in [5, 5.41) is 0. The van der Waals surface area contributed by atoms with Gasteiger partial charge in [-0.25, -0.2) is 9.37 Å². The van der Waals surface area contributed by atoms with E-state index in [0.717, 1.165) is 11.3 Å². The van der Waals surface area contributed by atoms with Gasteiger partial charge in [0, 0.05) is 37.5 Å². The number of nitrogens with zero attached hydrogens (tertiary/aromatic N) is 2. The van der Waals surface area contributed by atoms with Gasteiger partial charge in [0.05, 0.1) is 0 Å². The standard InChI is InChI=1S/C18H18FN3O2S2/c19-14-2-4-15(5-3-14)24-16-6-1-12(8-21-16)9-22-10-13(7-17(22)23)11-26-18(20)25/h1-6,8,13H,7,9-11H2,(H2,20,25)/t13-/m1/s1. The van der Waals surface area contributed by atoms with E-state index in [9.17, 15) is 9.18 Å². The number of carbonyl (C=O) groups excluding carboxylic acids is 1. The van der Waals surface area contributed by atoms with Crippen molar-refractivity contribution in [2.24, 2.45) is 11.7 Å². The summed E-state index contributed by atoms with van der Waals surface area (Å²) < 4.78 is 18.9. The Balaban J connectivity index is 1.54. The molecule has 1 atom stereocenters. The number of hydrogen-bond donors (Lipinski definition) is 1. The number of pyridine rings is 1. The van der Waals surface area contributed by atoms with Crippen LogP contribution in [0, 0.1) is 11.7 Å². The van der Waals surface area contributed by atoms with Crippen LogP contribution in [0.15, 0.2) is 42.6 Å². The van der Waals surface area contributed by atoms with Crippen LogP contribution in [0.1, 0.15) is 12.0 Å². The number of amides is 1. The highest BCUT2D eigenvalue weighted by molar-refractivity contribution is 8.22. The van der Waals surface area contributed by atoms with E-state index in [2.05, 4.69) is 4.98 Å². The first-order valence-corrected chi connectivity index (χ1v) is 9.47. The number of aromatic nitrogens is 1. The second kappa shape index (κ2) is 8.46. The Morgan fingerprint density at radius 2 is 2.12 bits per heavy atom. The topological polar surface area (TPSA) is 68.5 Å². The quantitative estimate of drug-likeness (QED) is 0.762. The summed E-state index contributed by atoms with van der Waals surface area (Å²) >= 11 is 6.28. The molecular formula is C18H18FN3O2S2. The maximum Gasteiger partial charge on any atom is 0.223 e. The summed E-state index contributed by atoms with van der Waals surface area (Å²) in [6, 6.07) is 9.34. The summed E-state index contributed by atoms with van der Waals surface area (Å²) in [6.45, 7) is 1.21. The number of thioether (sulfide) groups is 1. The molecule has 136 valence electrons. The van der Waals surface area contributed by atoms with Crippen molar-refractivity contribution in [2.45, 2.75) is 13.0 Å². The molecule has 2 aromatic rings. The van der Waals surface area contributed by atoms with Crippen LogP contribution >= 0.6 is 24.0 Å². The monoisotopic (exact) mass is 391 g/mol. The molecule has 1 aromatic heterocycles. The summed E-state index contributed by atoms with van der Waals surface area (Å²) in [4.78, 5) is 18.2. The third-order valence-electron chi connectivity index (χ3n) is 3.96. The lowest BCUT2D eigenvalue weighted by Gasteiger charge is -2.16. The van der Waals surface area contributed by atoms with Crippen LogP contribution in [-0.2, 0) is 11.3 Å². The first-order chi connectivity index (χ1) is 12.5. The molecule has 1 aromatic carbocycles. The van der Waals surface area contributed by atoms with E-state index in [0.29, 0.717) is 35.5 Å². The lowest BCUT2D eigenvalue weighted by molar-refractivity contribution is -0.128. The van der Waals surface area contributed by atoms with E-state index in [1.807, 2.05) is 11.0 Å². The van der Waals surface area contributed by atoms with Gasteiger partial charge < -0.3 is 15.4 Å². The number of likely N-dealkylation sites (tertiary alicyclic amines) is 1. The van der Waals surface area contributed by atoms with Crippen LogP contribution < -0.4 is 10.5 Å². The average Bonchev–Trinajstić information content (AvgIpc) is 2.96. The summed E-state index contributed by atoms with van der Waals surface area (Å²) in [6.07, 6.45) is 2.21. The molecular weight excluding hydrogens is 373 g/mol. The predicted octanol–water partition coefficient (Wildman–Crippen LogP) is 3.34. The van der Waals surface area contributed by atoms with Gasteiger partial charge in [-0.3, -0.25) is 4.79 Å². The van der Waals surface area contributed by atoms with E-state index in [-0.39, 0.29) is 17.6 Å². The zero-order valence-electron chi connectivity index (χ0n) is 13.9. The summed E-state index contributed by atoms with van der Waals surface area (Å²) in [5.41, 5.74) is 6.42. The van der Waals surface area contributed by atoms with Crippen LogP contribution in [0.3, 0.4) is 0 Å². The van der Waals surface area contributed by atoms with Crippen molar-refractivity contribution in [1.29, 1.82) is 0 Å². The van der Waals surface area contributed by atoms with Gasteiger partial charge in [0.15, 0.2) is 0 Å². The van der Waals surface area contributed by atoms with E-state index in [1.54, 1.807) is 24.4 Å². The minimum absolute atomic E-state index is 0.130. The number of rotatable bonds is 6. The number of benzene rings is 1. The fraction of sp³-hybridized carbons (Fsp3) is 0.278. The van der Waals surface area contributed by atoms with Gasteiger partial charge in [0.2, 0.25) is 11.8 Å². The van der Waals surface area contributed by atoms with Crippen molar-refractivity contribution in [3.63, 3.8) is 0 Å². The second-order valence-corrected chi connectivity index (χ2v) is 7.80. The zero-order valence-corrected chi connectivity index (χ0v) is 15.6. The van der Waals surface area contributed by atoms with Gasteiger partial charge in [-0.15, -0.1) is 0 Å². The molecule has 0 unspecified atom stereocenters.